The molecule has 1 aliphatic heterocycles. The van der Waals surface area contributed by atoms with Gasteiger partial charge in [0, 0.05) is 11.3 Å². The van der Waals surface area contributed by atoms with Gasteiger partial charge in [-0.15, -0.1) is 0 Å². The lowest BCUT2D eigenvalue weighted by Gasteiger charge is -2.17. The molecule has 2 unspecified atom stereocenters. The van der Waals surface area contributed by atoms with Gasteiger partial charge in [-0.3, -0.25) is 0 Å². The molecule has 0 aromatic heterocycles. The summed E-state index contributed by atoms with van der Waals surface area (Å²) in [5.74, 6) is 0.722. The highest BCUT2D eigenvalue weighted by Crippen LogP contribution is 2.56. The third-order valence-electron chi connectivity index (χ3n) is 3.22. The fourth-order valence-electron chi connectivity index (χ4n) is 2.30. The summed E-state index contributed by atoms with van der Waals surface area (Å²) < 4.78 is 5.29. The normalized spacial score (nSPS) is 34.9. The number of ether oxygens (including phenoxy) is 1. The first-order valence-corrected chi connectivity index (χ1v) is 4.77. The van der Waals surface area contributed by atoms with Crippen molar-refractivity contribution in [3.8, 4) is 0 Å². The molecule has 0 radical (unpaired) electrons. The number of benzene rings is 1. The van der Waals surface area contributed by atoms with Crippen molar-refractivity contribution in [1.29, 1.82) is 0 Å². The summed E-state index contributed by atoms with van der Waals surface area (Å²) in [4.78, 5) is 0. The minimum absolute atomic E-state index is 0.333. The van der Waals surface area contributed by atoms with Gasteiger partial charge in [0.1, 0.15) is 0 Å². The highest BCUT2D eigenvalue weighted by atomic mass is 16.5. The van der Waals surface area contributed by atoms with Gasteiger partial charge in [0.05, 0.1) is 12.9 Å². The molecule has 1 heteroatoms. The van der Waals surface area contributed by atoms with E-state index in [-0.39, 0.29) is 0 Å². The second kappa shape index (κ2) is 2.38. The summed E-state index contributed by atoms with van der Waals surface area (Å²) in [5, 5.41) is 0. The van der Waals surface area contributed by atoms with Crippen LogP contribution in [0.4, 0.5) is 0 Å². The molecule has 0 amide bonds. The Morgan fingerprint density at radius 2 is 2.08 bits per heavy atom. The van der Waals surface area contributed by atoms with Crippen molar-refractivity contribution in [2.24, 2.45) is 5.92 Å². The first kappa shape index (κ1) is 7.19. The number of allylic oxidation sites excluding steroid dienone is 1. The zero-order valence-electron chi connectivity index (χ0n) is 7.44. The van der Waals surface area contributed by atoms with Crippen LogP contribution in [0.2, 0.25) is 0 Å². The fraction of sp³-hybridized carbons (Fsp3) is 0.333. The third kappa shape index (κ3) is 0.932. The predicted octanol–water partition coefficient (Wildman–Crippen LogP) is 2.49. The molecule has 0 saturated heterocycles. The van der Waals surface area contributed by atoms with Crippen molar-refractivity contribution >= 4 is 0 Å². The first-order valence-electron chi connectivity index (χ1n) is 4.77. The highest BCUT2D eigenvalue weighted by Gasteiger charge is 2.54. The van der Waals surface area contributed by atoms with Gasteiger partial charge >= 0.3 is 0 Å². The Morgan fingerprint density at radius 1 is 1.23 bits per heavy atom. The topological polar surface area (TPSA) is 9.23 Å². The quantitative estimate of drug-likeness (QED) is 0.632. The van der Waals surface area contributed by atoms with E-state index < -0.39 is 0 Å². The van der Waals surface area contributed by atoms with Crippen LogP contribution in [-0.4, -0.2) is 6.61 Å². The summed E-state index contributed by atoms with van der Waals surface area (Å²) >= 11 is 0. The molecule has 1 aromatic carbocycles. The molecule has 2 atom stereocenters. The van der Waals surface area contributed by atoms with Gasteiger partial charge in [0.15, 0.2) is 0 Å². The minimum atomic E-state index is 0.333. The number of hydrogen-bond donors (Lipinski definition) is 0. The Balaban J connectivity index is 2.02. The SMILES string of the molecule is C1=CC2(c3ccccc3)CC2CO1. The third-order valence-corrected chi connectivity index (χ3v) is 3.22. The lowest BCUT2D eigenvalue weighted by atomic mass is 9.93. The maximum Gasteiger partial charge on any atom is 0.0913 e. The zero-order chi connectivity index (χ0) is 8.73. The molecule has 0 spiro atoms. The molecule has 1 fully saturated rings. The smallest absolute Gasteiger partial charge is 0.0913 e. The van der Waals surface area contributed by atoms with E-state index in [1.54, 1.807) is 0 Å². The van der Waals surface area contributed by atoms with E-state index in [2.05, 4.69) is 36.4 Å². The largest absolute Gasteiger partial charge is 0.501 e. The van der Waals surface area contributed by atoms with Gasteiger partial charge in [0.25, 0.3) is 0 Å². The summed E-state index contributed by atoms with van der Waals surface area (Å²) in [6, 6.07) is 10.7. The molecule has 1 saturated carbocycles. The van der Waals surface area contributed by atoms with Gasteiger partial charge in [0.2, 0.25) is 0 Å². The summed E-state index contributed by atoms with van der Waals surface area (Å²) in [6.45, 7) is 0.894. The molecule has 0 bridgehead atoms. The van der Waals surface area contributed by atoms with Gasteiger partial charge in [-0.1, -0.05) is 30.3 Å². The summed E-state index contributed by atoms with van der Waals surface area (Å²) in [7, 11) is 0. The van der Waals surface area contributed by atoms with E-state index >= 15 is 0 Å². The average molecular weight is 172 g/mol. The van der Waals surface area contributed by atoms with Gasteiger partial charge in [-0.2, -0.15) is 0 Å². The molecule has 1 nitrogen and oxygen atoms in total. The van der Waals surface area contributed by atoms with Gasteiger partial charge in [-0.25, -0.2) is 0 Å². The van der Waals surface area contributed by atoms with Crippen LogP contribution in [-0.2, 0) is 10.2 Å². The van der Waals surface area contributed by atoms with E-state index in [1.807, 2.05) is 6.26 Å². The van der Waals surface area contributed by atoms with Crippen molar-refractivity contribution in [2.45, 2.75) is 11.8 Å². The van der Waals surface area contributed by atoms with Gasteiger partial charge < -0.3 is 4.74 Å². The maximum absolute atomic E-state index is 5.29. The molecule has 0 N–H and O–H groups in total. The molecule has 66 valence electrons. The second-order valence-corrected chi connectivity index (χ2v) is 3.94. The molecular weight excluding hydrogens is 160 g/mol. The molecule has 1 heterocycles. The predicted molar refractivity (Wildman–Crippen MR) is 51.3 cm³/mol. The fourth-order valence-corrected chi connectivity index (χ4v) is 2.30. The number of fused-ring (bicyclic) bond motifs is 1. The standard InChI is InChI=1S/C12H12O/c1-2-4-10(5-3-1)12-6-7-13-9-11(12)8-12/h1-7,11H,8-9H2. The van der Waals surface area contributed by atoms with Crippen LogP contribution >= 0.6 is 0 Å². The van der Waals surface area contributed by atoms with Crippen LogP contribution in [0.3, 0.4) is 0 Å². The Morgan fingerprint density at radius 3 is 2.85 bits per heavy atom. The Kier molecular flexibility index (Phi) is 1.32. The number of rotatable bonds is 1. The Labute approximate surface area is 78.0 Å². The van der Waals surface area contributed by atoms with E-state index in [9.17, 15) is 0 Å². The van der Waals surface area contributed by atoms with Gasteiger partial charge in [-0.05, 0) is 18.1 Å². The maximum atomic E-state index is 5.29. The summed E-state index contributed by atoms with van der Waals surface area (Å²) in [5.41, 5.74) is 1.78. The molecule has 13 heavy (non-hydrogen) atoms. The molecule has 1 aromatic rings. The van der Waals surface area contributed by atoms with Crippen LogP contribution in [0, 0.1) is 5.92 Å². The monoisotopic (exact) mass is 172 g/mol. The summed E-state index contributed by atoms with van der Waals surface area (Å²) in [6.07, 6.45) is 5.33. The number of hydrogen-bond acceptors (Lipinski definition) is 1. The van der Waals surface area contributed by atoms with Crippen LogP contribution in [0.5, 0.6) is 0 Å². The van der Waals surface area contributed by atoms with E-state index in [0.717, 1.165) is 12.5 Å². The van der Waals surface area contributed by atoms with Crippen LogP contribution in [0.15, 0.2) is 42.7 Å². The van der Waals surface area contributed by atoms with E-state index in [1.165, 1.54) is 12.0 Å². The van der Waals surface area contributed by atoms with Crippen LogP contribution in [0.25, 0.3) is 0 Å². The van der Waals surface area contributed by atoms with Crippen molar-refractivity contribution in [3.05, 3.63) is 48.2 Å². The average Bonchev–Trinajstić information content (AvgIpc) is 2.94. The molecule has 3 rings (SSSR count). The second-order valence-electron chi connectivity index (χ2n) is 3.94. The van der Waals surface area contributed by atoms with E-state index in [0.29, 0.717) is 5.41 Å². The highest BCUT2D eigenvalue weighted by molar-refractivity contribution is 5.40. The molecule has 1 aliphatic carbocycles. The van der Waals surface area contributed by atoms with Crippen molar-refractivity contribution < 1.29 is 4.74 Å². The molecule has 2 aliphatic rings. The minimum Gasteiger partial charge on any atom is -0.501 e. The van der Waals surface area contributed by atoms with Crippen molar-refractivity contribution in [2.75, 3.05) is 6.61 Å². The van der Waals surface area contributed by atoms with Crippen LogP contribution < -0.4 is 0 Å². The molecular formula is C12H12O. The Hall–Kier alpha value is -1.24. The van der Waals surface area contributed by atoms with E-state index in [4.69, 9.17) is 4.74 Å². The first-order chi connectivity index (χ1) is 6.42. The zero-order valence-corrected chi connectivity index (χ0v) is 7.44. The van der Waals surface area contributed by atoms with Crippen molar-refractivity contribution in [3.63, 3.8) is 0 Å². The Bertz CT molecular complexity index is 341. The lowest BCUT2D eigenvalue weighted by Crippen LogP contribution is -2.13. The lowest BCUT2D eigenvalue weighted by molar-refractivity contribution is 0.213. The van der Waals surface area contributed by atoms with Crippen molar-refractivity contribution in [1.82, 2.24) is 0 Å². The van der Waals surface area contributed by atoms with Crippen LogP contribution in [0.1, 0.15) is 12.0 Å².